The van der Waals surface area contributed by atoms with E-state index in [4.69, 9.17) is 11.6 Å². The van der Waals surface area contributed by atoms with Crippen LogP contribution in [0, 0.1) is 5.92 Å². The first-order valence-corrected chi connectivity index (χ1v) is 7.30. The largest absolute Gasteiger partial charge is 0.367 e. The minimum atomic E-state index is -0.241. The van der Waals surface area contributed by atoms with E-state index in [2.05, 4.69) is 6.92 Å². The number of benzene rings is 1. The molecule has 20 heavy (non-hydrogen) atoms. The summed E-state index contributed by atoms with van der Waals surface area (Å²) in [5, 5.41) is 0.0720. The van der Waals surface area contributed by atoms with Gasteiger partial charge in [0, 0.05) is 24.2 Å². The summed E-state index contributed by atoms with van der Waals surface area (Å²) in [7, 11) is 0. The molecule has 1 atom stereocenters. The number of halogens is 1. The molecule has 1 aromatic rings. The fourth-order valence-electron chi connectivity index (χ4n) is 3.01. The lowest BCUT2D eigenvalue weighted by molar-refractivity contribution is 0.0930. The van der Waals surface area contributed by atoms with Crippen LogP contribution in [-0.2, 0) is 0 Å². The van der Waals surface area contributed by atoms with Crippen molar-refractivity contribution in [1.29, 1.82) is 0 Å². The predicted octanol–water partition coefficient (Wildman–Crippen LogP) is 3.25. The van der Waals surface area contributed by atoms with Crippen molar-refractivity contribution in [3.8, 4) is 0 Å². The molecule has 0 unspecified atom stereocenters. The number of carbonyl (C=O) groups is 2. The van der Waals surface area contributed by atoms with Crippen LogP contribution in [0.3, 0.4) is 0 Å². The van der Waals surface area contributed by atoms with E-state index in [1.807, 2.05) is 4.90 Å². The molecule has 1 fully saturated rings. The summed E-state index contributed by atoms with van der Waals surface area (Å²) in [4.78, 5) is 26.9. The van der Waals surface area contributed by atoms with Gasteiger partial charge >= 0.3 is 0 Å². The molecule has 0 N–H and O–H groups in total. The van der Waals surface area contributed by atoms with Crippen molar-refractivity contribution >= 4 is 23.2 Å². The van der Waals surface area contributed by atoms with Gasteiger partial charge in [-0.15, -0.1) is 0 Å². The highest BCUT2D eigenvalue weighted by atomic mass is 35.5. The minimum absolute atomic E-state index is 0.0720. The summed E-state index contributed by atoms with van der Waals surface area (Å²) in [6, 6.07) is 6.89. The third-order valence-corrected chi connectivity index (χ3v) is 4.36. The Balaban J connectivity index is 2.05. The van der Waals surface area contributed by atoms with Gasteiger partial charge in [0.25, 0.3) is 0 Å². The normalized spacial score (nSPS) is 23.1. The lowest BCUT2D eigenvalue weighted by atomic mass is 9.90. The van der Waals surface area contributed by atoms with Crippen LogP contribution in [0.15, 0.2) is 35.0 Å². The maximum Gasteiger partial charge on any atom is 0.211 e. The van der Waals surface area contributed by atoms with Crippen molar-refractivity contribution in [1.82, 2.24) is 4.90 Å². The summed E-state index contributed by atoms with van der Waals surface area (Å²) in [6.45, 7) is 3.73. The van der Waals surface area contributed by atoms with Gasteiger partial charge in [-0.05, 0) is 18.8 Å². The molecule has 1 aliphatic carbocycles. The number of carbonyl (C=O) groups excluding carboxylic acids is 2. The van der Waals surface area contributed by atoms with Gasteiger partial charge in [0.1, 0.15) is 10.7 Å². The lowest BCUT2D eigenvalue weighted by Gasteiger charge is -2.35. The maximum atomic E-state index is 12.6. The van der Waals surface area contributed by atoms with Crippen LogP contribution in [0.4, 0.5) is 0 Å². The summed E-state index contributed by atoms with van der Waals surface area (Å²) >= 11 is 6.20. The molecule has 1 saturated heterocycles. The molecular weight excluding hydrogens is 274 g/mol. The van der Waals surface area contributed by atoms with E-state index in [-0.39, 0.29) is 16.6 Å². The molecule has 2 aliphatic rings. The van der Waals surface area contributed by atoms with Crippen molar-refractivity contribution in [3.63, 3.8) is 0 Å². The van der Waals surface area contributed by atoms with Crippen molar-refractivity contribution in [2.24, 2.45) is 5.92 Å². The standard InChI is InChI=1S/C16H16ClNO2/c1-10-5-4-8-18(9-10)14-13(17)15(19)11-6-2-3-7-12(11)16(14)20/h2-3,6-7,10H,4-5,8-9H2,1H3/t10-/m0/s1. The first-order valence-electron chi connectivity index (χ1n) is 6.92. The Hall–Kier alpha value is -1.61. The highest BCUT2D eigenvalue weighted by Gasteiger charge is 2.35. The van der Waals surface area contributed by atoms with Crippen molar-refractivity contribution in [2.45, 2.75) is 19.8 Å². The summed E-state index contributed by atoms with van der Waals surface area (Å²) in [6.07, 6.45) is 2.18. The number of Topliss-reactive ketones (excluding diaryl/α,β-unsaturated/α-hetero) is 2. The molecular formula is C16H16ClNO2. The van der Waals surface area contributed by atoms with Crippen LogP contribution in [0.2, 0.25) is 0 Å². The predicted molar refractivity (Wildman–Crippen MR) is 78.0 cm³/mol. The quantitative estimate of drug-likeness (QED) is 0.796. The van der Waals surface area contributed by atoms with Crippen LogP contribution < -0.4 is 0 Å². The average molecular weight is 290 g/mol. The van der Waals surface area contributed by atoms with Gasteiger partial charge in [-0.2, -0.15) is 0 Å². The number of likely N-dealkylation sites (tertiary alicyclic amines) is 1. The molecule has 0 spiro atoms. The van der Waals surface area contributed by atoms with E-state index < -0.39 is 0 Å². The molecule has 3 nitrogen and oxygen atoms in total. The van der Waals surface area contributed by atoms with Crippen molar-refractivity contribution in [3.05, 3.63) is 46.1 Å². The molecule has 4 heteroatoms. The Labute approximate surface area is 123 Å². The van der Waals surface area contributed by atoms with Gasteiger partial charge in [-0.1, -0.05) is 42.8 Å². The fourth-order valence-corrected chi connectivity index (χ4v) is 3.31. The first-order chi connectivity index (χ1) is 9.59. The van der Waals surface area contributed by atoms with Crippen molar-refractivity contribution in [2.75, 3.05) is 13.1 Å². The number of allylic oxidation sites excluding steroid dienone is 2. The molecule has 0 radical (unpaired) electrons. The average Bonchev–Trinajstić information content (AvgIpc) is 2.45. The van der Waals surface area contributed by atoms with Crippen LogP contribution in [0.5, 0.6) is 0 Å². The zero-order chi connectivity index (χ0) is 14.3. The lowest BCUT2D eigenvalue weighted by Crippen LogP contribution is -2.39. The topological polar surface area (TPSA) is 37.4 Å². The second-order valence-corrected chi connectivity index (χ2v) is 5.94. The molecule has 104 valence electrons. The Morgan fingerprint density at radius 2 is 1.80 bits per heavy atom. The number of nitrogens with zero attached hydrogens (tertiary/aromatic N) is 1. The highest BCUT2D eigenvalue weighted by molar-refractivity contribution is 6.49. The third-order valence-electron chi connectivity index (χ3n) is 4.01. The SMILES string of the molecule is C[C@H]1CCCN(C2=C(Cl)C(=O)c3ccccc3C2=O)C1. The number of piperidine rings is 1. The molecule has 1 aliphatic heterocycles. The number of fused-ring (bicyclic) bond motifs is 1. The zero-order valence-electron chi connectivity index (χ0n) is 11.4. The summed E-state index contributed by atoms with van der Waals surface area (Å²) in [5.74, 6) is 0.148. The van der Waals surface area contributed by atoms with Gasteiger partial charge in [-0.3, -0.25) is 9.59 Å². The zero-order valence-corrected chi connectivity index (χ0v) is 12.1. The molecule has 3 rings (SSSR count). The van der Waals surface area contributed by atoms with E-state index >= 15 is 0 Å². The number of hydrogen-bond acceptors (Lipinski definition) is 3. The Kier molecular flexibility index (Phi) is 3.38. The Morgan fingerprint density at radius 3 is 2.45 bits per heavy atom. The second kappa shape index (κ2) is 5.06. The molecule has 0 saturated carbocycles. The van der Waals surface area contributed by atoms with E-state index in [1.54, 1.807) is 24.3 Å². The van der Waals surface area contributed by atoms with Gasteiger partial charge in [0.05, 0.1) is 0 Å². The highest BCUT2D eigenvalue weighted by Crippen LogP contribution is 2.32. The van der Waals surface area contributed by atoms with Gasteiger partial charge < -0.3 is 4.90 Å². The summed E-state index contributed by atoms with van der Waals surface area (Å²) < 4.78 is 0. The molecule has 0 aromatic heterocycles. The second-order valence-electron chi connectivity index (χ2n) is 5.56. The molecule has 0 bridgehead atoms. The van der Waals surface area contributed by atoms with E-state index in [9.17, 15) is 9.59 Å². The molecule has 0 amide bonds. The van der Waals surface area contributed by atoms with Gasteiger partial charge in [0.2, 0.25) is 11.6 Å². The van der Waals surface area contributed by atoms with Crippen LogP contribution in [0.25, 0.3) is 0 Å². The van der Waals surface area contributed by atoms with Crippen LogP contribution in [0.1, 0.15) is 40.5 Å². The Morgan fingerprint density at radius 1 is 1.15 bits per heavy atom. The van der Waals surface area contributed by atoms with E-state index in [0.29, 0.717) is 22.7 Å². The van der Waals surface area contributed by atoms with E-state index in [1.165, 1.54) is 0 Å². The van der Waals surface area contributed by atoms with E-state index in [0.717, 1.165) is 25.9 Å². The van der Waals surface area contributed by atoms with Gasteiger partial charge in [0.15, 0.2) is 0 Å². The van der Waals surface area contributed by atoms with Crippen molar-refractivity contribution < 1.29 is 9.59 Å². The maximum absolute atomic E-state index is 12.6. The van der Waals surface area contributed by atoms with Crippen LogP contribution >= 0.6 is 11.6 Å². The minimum Gasteiger partial charge on any atom is -0.367 e. The van der Waals surface area contributed by atoms with Crippen LogP contribution in [-0.4, -0.2) is 29.6 Å². The number of ketones is 2. The Bertz CT molecular complexity index is 621. The monoisotopic (exact) mass is 289 g/mol. The van der Waals surface area contributed by atoms with Gasteiger partial charge in [-0.25, -0.2) is 0 Å². The smallest absolute Gasteiger partial charge is 0.211 e. The fraction of sp³-hybridized carbons (Fsp3) is 0.375. The summed E-state index contributed by atoms with van der Waals surface area (Å²) in [5.41, 5.74) is 1.27. The number of hydrogen-bond donors (Lipinski definition) is 0. The first kappa shape index (κ1) is 13.4. The number of rotatable bonds is 1. The molecule has 1 aromatic carbocycles. The third kappa shape index (κ3) is 2.06. The molecule has 1 heterocycles.